The number of ether oxygens (including phenoxy) is 4. The molecule has 4 aromatic rings. The maximum Gasteiger partial charge on any atom is 0.231 e. The van der Waals surface area contributed by atoms with Crippen LogP contribution in [0.4, 0.5) is 0 Å². The van der Waals surface area contributed by atoms with E-state index in [2.05, 4.69) is 4.98 Å². The number of ketones is 1. The first-order valence-corrected chi connectivity index (χ1v) is 10.7. The van der Waals surface area contributed by atoms with Crippen LogP contribution in [0.15, 0.2) is 85.5 Å². The number of imidazole rings is 1. The first-order valence-electron chi connectivity index (χ1n) is 10.7. The van der Waals surface area contributed by atoms with E-state index in [-0.39, 0.29) is 12.6 Å². The van der Waals surface area contributed by atoms with Crippen molar-refractivity contribution in [1.29, 1.82) is 0 Å². The average Bonchev–Trinajstić information content (AvgIpc) is 3.58. The molecule has 34 heavy (non-hydrogen) atoms. The first-order chi connectivity index (χ1) is 16.7. The van der Waals surface area contributed by atoms with Gasteiger partial charge in [0.15, 0.2) is 17.3 Å². The fraction of sp³-hybridized carbons (Fsp3) is 0.111. The molecule has 0 spiro atoms. The van der Waals surface area contributed by atoms with E-state index in [1.807, 2.05) is 53.2 Å². The lowest BCUT2D eigenvalue weighted by Crippen LogP contribution is -2.00. The van der Waals surface area contributed by atoms with Gasteiger partial charge in [-0.25, -0.2) is 4.98 Å². The number of methoxy groups -OCH3 is 1. The molecular weight excluding hydrogens is 432 g/mol. The Kier molecular flexibility index (Phi) is 5.99. The van der Waals surface area contributed by atoms with Gasteiger partial charge in [-0.15, -0.1) is 0 Å². The predicted molar refractivity (Wildman–Crippen MR) is 127 cm³/mol. The SMILES string of the molecule is COc1ccc(/C=C/C(=O)c2ccc(-n3ccnc3)cc2)cc1COc1ccc2c(c1)OCO2. The number of fused-ring (bicyclic) bond motifs is 1. The summed E-state index contributed by atoms with van der Waals surface area (Å²) in [4.78, 5) is 16.7. The predicted octanol–water partition coefficient (Wildman–Crippen LogP) is 5.08. The van der Waals surface area contributed by atoms with Gasteiger partial charge in [0, 0.05) is 35.3 Å². The Morgan fingerprint density at radius 3 is 2.71 bits per heavy atom. The van der Waals surface area contributed by atoms with Crippen molar-refractivity contribution in [2.24, 2.45) is 0 Å². The zero-order valence-corrected chi connectivity index (χ0v) is 18.5. The second-order valence-electron chi connectivity index (χ2n) is 7.59. The van der Waals surface area contributed by atoms with Gasteiger partial charge in [0.05, 0.1) is 13.4 Å². The number of nitrogens with zero attached hydrogens (tertiary/aromatic N) is 2. The number of carbonyl (C=O) groups is 1. The number of hydrogen-bond acceptors (Lipinski definition) is 6. The highest BCUT2D eigenvalue weighted by atomic mass is 16.7. The number of aromatic nitrogens is 2. The lowest BCUT2D eigenvalue weighted by molar-refractivity contribution is 0.104. The summed E-state index contributed by atoms with van der Waals surface area (Å²) in [6.45, 7) is 0.516. The lowest BCUT2D eigenvalue weighted by atomic mass is 10.1. The van der Waals surface area contributed by atoms with Gasteiger partial charge in [-0.2, -0.15) is 0 Å². The third kappa shape index (κ3) is 4.63. The standard InChI is InChI=1S/C27H22N2O5/c1-31-25-10-3-19(14-21(25)16-32-23-8-11-26-27(15-23)34-18-33-26)2-9-24(30)20-4-6-22(7-5-20)29-13-12-28-17-29/h2-15,17H,16,18H2,1H3/b9-2+. The molecule has 170 valence electrons. The Morgan fingerprint density at radius 2 is 1.91 bits per heavy atom. The van der Waals surface area contributed by atoms with Crippen molar-refractivity contribution in [2.75, 3.05) is 13.9 Å². The van der Waals surface area contributed by atoms with Crippen LogP contribution in [0.25, 0.3) is 11.8 Å². The zero-order valence-electron chi connectivity index (χ0n) is 18.5. The molecule has 3 aromatic carbocycles. The Hall–Kier alpha value is -4.52. The molecule has 1 aliphatic rings. The van der Waals surface area contributed by atoms with Crippen molar-refractivity contribution in [3.8, 4) is 28.7 Å². The molecule has 7 nitrogen and oxygen atoms in total. The Bertz CT molecular complexity index is 1330. The second kappa shape index (κ2) is 9.54. The van der Waals surface area contributed by atoms with E-state index in [9.17, 15) is 4.79 Å². The van der Waals surface area contributed by atoms with E-state index in [0.29, 0.717) is 35.2 Å². The van der Waals surface area contributed by atoms with Crippen LogP contribution >= 0.6 is 0 Å². The molecule has 0 atom stereocenters. The molecule has 1 aliphatic heterocycles. The fourth-order valence-corrected chi connectivity index (χ4v) is 3.62. The van der Waals surface area contributed by atoms with E-state index >= 15 is 0 Å². The summed E-state index contributed by atoms with van der Waals surface area (Å²) in [5.74, 6) is 2.67. The number of carbonyl (C=O) groups excluding carboxylic acids is 1. The van der Waals surface area contributed by atoms with Crippen molar-refractivity contribution < 1.29 is 23.7 Å². The lowest BCUT2D eigenvalue weighted by Gasteiger charge is -2.11. The van der Waals surface area contributed by atoms with E-state index in [1.165, 1.54) is 0 Å². The molecule has 0 radical (unpaired) electrons. The van der Waals surface area contributed by atoms with E-state index in [1.54, 1.807) is 50.0 Å². The summed E-state index contributed by atoms with van der Waals surface area (Å²) >= 11 is 0. The van der Waals surface area contributed by atoms with Gasteiger partial charge >= 0.3 is 0 Å². The van der Waals surface area contributed by atoms with Crippen LogP contribution in [0.2, 0.25) is 0 Å². The van der Waals surface area contributed by atoms with Crippen molar-refractivity contribution in [2.45, 2.75) is 6.61 Å². The minimum atomic E-state index is -0.0776. The van der Waals surface area contributed by atoms with E-state index < -0.39 is 0 Å². The largest absolute Gasteiger partial charge is 0.496 e. The van der Waals surface area contributed by atoms with Gasteiger partial charge in [0.25, 0.3) is 0 Å². The van der Waals surface area contributed by atoms with Gasteiger partial charge in [-0.05, 0) is 60.2 Å². The number of allylic oxidation sites excluding steroid dienone is 1. The van der Waals surface area contributed by atoms with Crippen LogP contribution in [0.3, 0.4) is 0 Å². The third-order valence-corrected chi connectivity index (χ3v) is 5.42. The Labute approximate surface area is 196 Å². The van der Waals surface area contributed by atoms with Crippen molar-refractivity contribution in [1.82, 2.24) is 9.55 Å². The molecule has 5 rings (SSSR count). The molecule has 0 bridgehead atoms. The smallest absolute Gasteiger partial charge is 0.231 e. The molecule has 0 amide bonds. The quantitative estimate of drug-likeness (QED) is 0.273. The van der Waals surface area contributed by atoms with Crippen molar-refractivity contribution in [3.63, 3.8) is 0 Å². The summed E-state index contributed by atoms with van der Waals surface area (Å²) in [5, 5.41) is 0. The summed E-state index contributed by atoms with van der Waals surface area (Å²) in [6, 6.07) is 18.6. The summed E-state index contributed by atoms with van der Waals surface area (Å²) in [7, 11) is 1.62. The molecule has 2 heterocycles. The number of benzene rings is 3. The molecule has 7 heteroatoms. The summed E-state index contributed by atoms with van der Waals surface area (Å²) < 4.78 is 24.0. The van der Waals surface area contributed by atoms with Gasteiger partial charge in [-0.1, -0.05) is 12.1 Å². The monoisotopic (exact) mass is 454 g/mol. The van der Waals surface area contributed by atoms with Crippen LogP contribution in [0.5, 0.6) is 23.0 Å². The second-order valence-corrected chi connectivity index (χ2v) is 7.59. The van der Waals surface area contributed by atoms with Crippen LogP contribution in [0.1, 0.15) is 21.5 Å². The third-order valence-electron chi connectivity index (χ3n) is 5.42. The van der Waals surface area contributed by atoms with Crippen LogP contribution in [-0.2, 0) is 6.61 Å². The maximum absolute atomic E-state index is 12.7. The van der Waals surface area contributed by atoms with Crippen LogP contribution in [0, 0.1) is 0 Å². The first kappa shape index (κ1) is 21.3. The van der Waals surface area contributed by atoms with Gasteiger partial charge in [0.1, 0.15) is 18.1 Å². The van der Waals surface area contributed by atoms with Gasteiger partial charge in [0.2, 0.25) is 6.79 Å². The number of rotatable bonds is 8. The summed E-state index contributed by atoms with van der Waals surface area (Å²) in [6.07, 6.45) is 8.64. The highest BCUT2D eigenvalue weighted by Crippen LogP contribution is 2.35. The average molecular weight is 454 g/mol. The molecule has 0 saturated heterocycles. The normalized spacial score (nSPS) is 12.1. The fourth-order valence-electron chi connectivity index (χ4n) is 3.62. The van der Waals surface area contributed by atoms with Gasteiger partial charge in [-0.3, -0.25) is 4.79 Å². The van der Waals surface area contributed by atoms with Crippen LogP contribution < -0.4 is 18.9 Å². The minimum Gasteiger partial charge on any atom is -0.496 e. The Balaban J connectivity index is 1.27. The molecular formula is C27H22N2O5. The number of hydrogen-bond donors (Lipinski definition) is 0. The highest BCUT2D eigenvalue weighted by Gasteiger charge is 2.14. The van der Waals surface area contributed by atoms with Crippen LogP contribution in [-0.4, -0.2) is 29.2 Å². The topological polar surface area (TPSA) is 71.8 Å². The molecule has 0 N–H and O–H groups in total. The van der Waals surface area contributed by atoms with E-state index in [0.717, 1.165) is 16.8 Å². The zero-order chi connectivity index (χ0) is 23.3. The van der Waals surface area contributed by atoms with Gasteiger partial charge < -0.3 is 23.5 Å². The van der Waals surface area contributed by atoms with E-state index in [4.69, 9.17) is 18.9 Å². The Morgan fingerprint density at radius 1 is 1.06 bits per heavy atom. The highest BCUT2D eigenvalue weighted by molar-refractivity contribution is 6.06. The van der Waals surface area contributed by atoms with Crippen molar-refractivity contribution in [3.05, 3.63) is 102 Å². The molecule has 0 saturated carbocycles. The minimum absolute atomic E-state index is 0.0776. The molecule has 0 unspecified atom stereocenters. The molecule has 1 aromatic heterocycles. The summed E-state index contributed by atoms with van der Waals surface area (Å²) in [5.41, 5.74) is 3.29. The van der Waals surface area contributed by atoms with Crippen molar-refractivity contribution >= 4 is 11.9 Å². The maximum atomic E-state index is 12.7. The molecule has 0 aliphatic carbocycles. The molecule has 0 fully saturated rings.